The quantitative estimate of drug-likeness (QED) is 0.932. The molecule has 0 heterocycles. The van der Waals surface area contributed by atoms with Crippen molar-refractivity contribution < 1.29 is 14.3 Å². The van der Waals surface area contributed by atoms with Gasteiger partial charge in [-0.25, -0.2) is 9.18 Å². The summed E-state index contributed by atoms with van der Waals surface area (Å²) in [5.41, 5.74) is 1.22. The van der Waals surface area contributed by atoms with Crippen molar-refractivity contribution in [2.75, 3.05) is 11.9 Å². The van der Waals surface area contributed by atoms with Crippen LogP contribution < -0.4 is 4.90 Å². The molecular formula is C15H13ClFNO2. The Balaban J connectivity index is 2.21. The van der Waals surface area contributed by atoms with Crippen LogP contribution in [0.25, 0.3) is 0 Å². The minimum Gasteiger partial charge on any atom is -0.478 e. The van der Waals surface area contributed by atoms with Crippen molar-refractivity contribution in [1.82, 2.24) is 0 Å². The summed E-state index contributed by atoms with van der Waals surface area (Å²) < 4.78 is 13.9. The van der Waals surface area contributed by atoms with E-state index >= 15 is 0 Å². The molecule has 2 aromatic carbocycles. The third kappa shape index (κ3) is 3.27. The number of carboxylic acids is 1. The molecular weight excluding hydrogens is 281 g/mol. The van der Waals surface area contributed by atoms with Gasteiger partial charge < -0.3 is 10.0 Å². The summed E-state index contributed by atoms with van der Waals surface area (Å²) in [4.78, 5) is 12.5. The summed E-state index contributed by atoms with van der Waals surface area (Å²) in [6.45, 7) is 0.476. The molecule has 20 heavy (non-hydrogen) atoms. The highest BCUT2D eigenvalue weighted by Gasteiger charge is 2.11. The molecule has 0 spiro atoms. The van der Waals surface area contributed by atoms with E-state index in [2.05, 4.69) is 0 Å². The molecule has 0 atom stereocenters. The first-order chi connectivity index (χ1) is 9.47. The molecule has 0 bridgehead atoms. The zero-order valence-electron chi connectivity index (χ0n) is 10.8. The second kappa shape index (κ2) is 5.92. The Morgan fingerprint density at radius 2 is 2.05 bits per heavy atom. The first kappa shape index (κ1) is 14.3. The van der Waals surface area contributed by atoms with E-state index in [0.29, 0.717) is 17.3 Å². The van der Waals surface area contributed by atoms with Crippen LogP contribution in [0.15, 0.2) is 42.5 Å². The molecule has 0 fully saturated rings. The van der Waals surface area contributed by atoms with E-state index in [-0.39, 0.29) is 5.56 Å². The summed E-state index contributed by atoms with van der Waals surface area (Å²) in [7, 11) is 1.74. The Morgan fingerprint density at radius 1 is 1.30 bits per heavy atom. The van der Waals surface area contributed by atoms with Gasteiger partial charge in [-0.15, -0.1) is 0 Å². The monoisotopic (exact) mass is 293 g/mol. The standard InChI is InChI=1S/C15H13ClFNO2/c1-18(9-10-3-2-4-12(16)7-10)14-6-5-11(15(19)20)8-13(14)17/h2-8H,9H2,1H3,(H,19,20). The van der Waals surface area contributed by atoms with Crippen LogP contribution in [0.5, 0.6) is 0 Å². The average molecular weight is 294 g/mol. The number of anilines is 1. The van der Waals surface area contributed by atoms with Gasteiger partial charge in [-0.3, -0.25) is 0 Å². The number of aromatic carboxylic acids is 1. The Bertz CT molecular complexity index is 646. The van der Waals surface area contributed by atoms with Crippen LogP contribution >= 0.6 is 11.6 Å². The third-order valence-corrected chi connectivity index (χ3v) is 3.15. The highest BCUT2D eigenvalue weighted by atomic mass is 35.5. The van der Waals surface area contributed by atoms with Crippen LogP contribution in [0.2, 0.25) is 5.02 Å². The fourth-order valence-corrected chi connectivity index (χ4v) is 2.16. The SMILES string of the molecule is CN(Cc1cccc(Cl)c1)c1ccc(C(=O)O)cc1F. The summed E-state index contributed by atoms with van der Waals surface area (Å²) in [6.07, 6.45) is 0. The van der Waals surface area contributed by atoms with Crippen molar-refractivity contribution >= 4 is 23.3 Å². The topological polar surface area (TPSA) is 40.5 Å². The molecule has 104 valence electrons. The predicted molar refractivity (Wildman–Crippen MR) is 76.9 cm³/mol. The lowest BCUT2D eigenvalue weighted by Crippen LogP contribution is -2.18. The van der Waals surface area contributed by atoms with E-state index in [1.54, 1.807) is 18.0 Å². The second-order valence-corrected chi connectivity index (χ2v) is 4.89. The van der Waals surface area contributed by atoms with Crippen LogP contribution in [0, 0.1) is 5.82 Å². The van der Waals surface area contributed by atoms with Gasteiger partial charge in [-0.1, -0.05) is 23.7 Å². The van der Waals surface area contributed by atoms with Crippen LogP contribution in [0.1, 0.15) is 15.9 Å². The fourth-order valence-electron chi connectivity index (χ4n) is 1.94. The molecule has 0 aliphatic rings. The molecule has 5 heteroatoms. The first-order valence-electron chi connectivity index (χ1n) is 5.96. The van der Waals surface area contributed by atoms with Crippen LogP contribution in [-0.4, -0.2) is 18.1 Å². The molecule has 2 aromatic rings. The van der Waals surface area contributed by atoms with Gasteiger partial charge in [0.05, 0.1) is 11.3 Å². The van der Waals surface area contributed by atoms with Gasteiger partial charge in [-0.2, -0.15) is 0 Å². The summed E-state index contributed by atoms with van der Waals surface area (Å²) >= 11 is 5.90. The maximum Gasteiger partial charge on any atom is 0.335 e. The Morgan fingerprint density at radius 3 is 2.65 bits per heavy atom. The highest BCUT2D eigenvalue weighted by Crippen LogP contribution is 2.22. The highest BCUT2D eigenvalue weighted by molar-refractivity contribution is 6.30. The van der Waals surface area contributed by atoms with E-state index in [1.165, 1.54) is 12.1 Å². The number of benzene rings is 2. The van der Waals surface area contributed by atoms with Crippen molar-refractivity contribution in [3.05, 3.63) is 64.4 Å². The Kier molecular flexibility index (Phi) is 4.25. The first-order valence-corrected chi connectivity index (χ1v) is 6.33. The van der Waals surface area contributed by atoms with Gasteiger partial charge in [0.1, 0.15) is 5.82 Å². The summed E-state index contributed by atoms with van der Waals surface area (Å²) in [5.74, 6) is -1.71. The molecule has 0 radical (unpaired) electrons. The van der Waals surface area contributed by atoms with Gasteiger partial charge >= 0.3 is 5.97 Å². The van der Waals surface area contributed by atoms with Gasteiger partial charge in [0.15, 0.2) is 0 Å². The zero-order valence-corrected chi connectivity index (χ0v) is 11.6. The van der Waals surface area contributed by atoms with E-state index in [1.807, 2.05) is 18.2 Å². The van der Waals surface area contributed by atoms with Crippen molar-refractivity contribution in [3.8, 4) is 0 Å². The number of carbonyl (C=O) groups is 1. The molecule has 0 unspecified atom stereocenters. The number of nitrogens with zero attached hydrogens (tertiary/aromatic N) is 1. The molecule has 3 nitrogen and oxygen atoms in total. The molecule has 0 saturated heterocycles. The number of hydrogen-bond acceptors (Lipinski definition) is 2. The van der Waals surface area contributed by atoms with E-state index in [9.17, 15) is 9.18 Å². The molecule has 0 amide bonds. The van der Waals surface area contributed by atoms with E-state index in [0.717, 1.165) is 11.6 Å². The minimum absolute atomic E-state index is 0.0672. The van der Waals surface area contributed by atoms with E-state index in [4.69, 9.17) is 16.7 Å². The largest absolute Gasteiger partial charge is 0.478 e. The van der Waals surface area contributed by atoms with Gasteiger partial charge in [0.25, 0.3) is 0 Å². The molecule has 0 aliphatic heterocycles. The lowest BCUT2D eigenvalue weighted by Gasteiger charge is -2.20. The van der Waals surface area contributed by atoms with E-state index < -0.39 is 11.8 Å². The van der Waals surface area contributed by atoms with Crippen LogP contribution in [0.3, 0.4) is 0 Å². The molecule has 2 rings (SSSR count). The number of halogens is 2. The number of rotatable bonds is 4. The molecule has 0 saturated carbocycles. The van der Waals surface area contributed by atoms with Crippen molar-refractivity contribution in [3.63, 3.8) is 0 Å². The van der Waals surface area contributed by atoms with Gasteiger partial charge in [0.2, 0.25) is 0 Å². The van der Waals surface area contributed by atoms with Gasteiger partial charge in [-0.05, 0) is 35.9 Å². The third-order valence-electron chi connectivity index (χ3n) is 2.91. The predicted octanol–water partition coefficient (Wildman–Crippen LogP) is 3.81. The maximum atomic E-state index is 13.9. The van der Waals surface area contributed by atoms with Crippen molar-refractivity contribution in [1.29, 1.82) is 0 Å². The minimum atomic E-state index is -1.15. The lowest BCUT2D eigenvalue weighted by atomic mass is 10.1. The Hall–Kier alpha value is -2.07. The van der Waals surface area contributed by atoms with Crippen molar-refractivity contribution in [2.24, 2.45) is 0 Å². The lowest BCUT2D eigenvalue weighted by molar-refractivity contribution is 0.0696. The second-order valence-electron chi connectivity index (χ2n) is 4.46. The van der Waals surface area contributed by atoms with Gasteiger partial charge in [0, 0.05) is 18.6 Å². The average Bonchev–Trinajstić information content (AvgIpc) is 2.38. The maximum absolute atomic E-state index is 13.9. The molecule has 0 aromatic heterocycles. The summed E-state index contributed by atoms with van der Waals surface area (Å²) in [5, 5.41) is 9.43. The number of carboxylic acid groups (broad SMARTS) is 1. The molecule has 1 N–H and O–H groups in total. The number of hydrogen-bond donors (Lipinski definition) is 1. The molecule has 0 aliphatic carbocycles. The van der Waals surface area contributed by atoms with Crippen LogP contribution in [-0.2, 0) is 6.54 Å². The Labute approximate surface area is 121 Å². The van der Waals surface area contributed by atoms with Crippen molar-refractivity contribution in [2.45, 2.75) is 6.54 Å². The fraction of sp³-hybridized carbons (Fsp3) is 0.133. The zero-order chi connectivity index (χ0) is 14.7. The van der Waals surface area contributed by atoms with Crippen LogP contribution in [0.4, 0.5) is 10.1 Å². The summed E-state index contributed by atoms with van der Waals surface area (Å²) in [6, 6.07) is 11.2. The smallest absolute Gasteiger partial charge is 0.335 e. The normalized spacial score (nSPS) is 10.3.